The lowest BCUT2D eigenvalue weighted by Crippen LogP contribution is -2.56. The van der Waals surface area contributed by atoms with E-state index < -0.39 is 0 Å². The Hall–Kier alpha value is -0.680. The molecule has 58 heavy (non-hydrogen) atoms. The Morgan fingerprint density at radius 3 is 1.26 bits per heavy atom. The first-order chi connectivity index (χ1) is 27.3. The highest BCUT2D eigenvalue weighted by atomic mass is 16.3. The van der Waals surface area contributed by atoms with Crippen molar-refractivity contribution in [3.05, 3.63) is 23.3 Å². The van der Waals surface area contributed by atoms with E-state index in [0.717, 1.165) is 97.7 Å². The molecule has 0 saturated heterocycles. The first-order valence-electron chi connectivity index (χ1n) is 25.6. The maximum atomic E-state index is 10.3. The molecule has 4 nitrogen and oxygen atoms in total. The fourth-order valence-corrected chi connectivity index (χ4v) is 17.5. The van der Waals surface area contributed by atoms with Gasteiger partial charge in [0.1, 0.15) is 0 Å². The number of fused-ring (bicyclic) bond motifs is 10. The van der Waals surface area contributed by atoms with E-state index in [1.165, 1.54) is 101 Å². The molecule has 8 rings (SSSR count). The quantitative estimate of drug-likeness (QED) is 0.166. The smallest absolute Gasteiger partial charge is 0.0577 e. The van der Waals surface area contributed by atoms with Gasteiger partial charge >= 0.3 is 0 Å². The molecule has 18 atom stereocenters. The van der Waals surface area contributed by atoms with Crippen molar-refractivity contribution >= 4 is 0 Å². The third-order valence-corrected chi connectivity index (χ3v) is 20.8. The molecule has 0 spiro atoms. The second-order valence-corrected chi connectivity index (χ2v) is 24.8. The third kappa shape index (κ3) is 8.17. The lowest BCUT2D eigenvalue weighted by Gasteiger charge is -2.60. The summed E-state index contributed by atoms with van der Waals surface area (Å²) in [5.41, 5.74) is 18.3. The van der Waals surface area contributed by atoms with Crippen LogP contribution in [0.25, 0.3) is 0 Å². The summed E-state index contributed by atoms with van der Waals surface area (Å²) in [7, 11) is 0. The van der Waals surface area contributed by atoms with Crippen molar-refractivity contribution in [2.45, 2.75) is 222 Å². The number of hydrogen-bond donors (Lipinski definition) is 4. The number of aliphatic hydroxyl groups is 2. The van der Waals surface area contributed by atoms with Crippen LogP contribution in [0.4, 0.5) is 0 Å². The van der Waals surface area contributed by atoms with Gasteiger partial charge < -0.3 is 21.7 Å². The molecule has 0 aromatic heterocycles. The zero-order valence-electron chi connectivity index (χ0n) is 39.6. The highest BCUT2D eigenvalue weighted by Crippen LogP contribution is 2.69. The zero-order chi connectivity index (χ0) is 41.9. The molecule has 6 N–H and O–H groups in total. The summed E-state index contributed by atoms with van der Waals surface area (Å²) in [6, 6.07) is 0.404. The van der Waals surface area contributed by atoms with E-state index in [9.17, 15) is 10.2 Å². The molecular weight excluding hydrogens is 709 g/mol. The van der Waals surface area contributed by atoms with Gasteiger partial charge in [-0.15, -0.1) is 0 Å². The number of nitrogens with two attached hydrogens (primary N) is 2. The van der Waals surface area contributed by atoms with Gasteiger partial charge in [-0.2, -0.15) is 0 Å². The van der Waals surface area contributed by atoms with Crippen molar-refractivity contribution in [3.63, 3.8) is 0 Å². The van der Waals surface area contributed by atoms with Gasteiger partial charge in [-0.3, -0.25) is 0 Å². The number of rotatable bonds is 10. The van der Waals surface area contributed by atoms with E-state index in [0.29, 0.717) is 33.5 Å². The summed E-state index contributed by atoms with van der Waals surface area (Å²) in [4.78, 5) is 0. The largest absolute Gasteiger partial charge is 0.393 e. The van der Waals surface area contributed by atoms with E-state index in [1.54, 1.807) is 0 Å². The van der Waals surface area contributed by atoms with Crippen LogP contribution in [0.3, 0.4) is 0 Å². The summed E-state index contributed by atoms with van der Waals surface area (Å²) >= 11 is 0. The molecule has 4 heteroatoms. The molecule has 0 amide bonds. The van der Waals surface area contributed by atoms with E-state index >= 15 is 0 Å². The maximum absolute atomic E-state index is 10.3. The highest BCUT2D eigenvalue weighted by Gasteiger charge is 2.62. The predicted molar refractivity (Wildman–Crippen MR) is 245 cm³/mol. The van der Waals surface area contributed by atoms with Gasteiger partial charge in [0, 0.05) is 12.1 Å². The number of aliphatic hydroxyl groups excluding tert-OH is 2. The monoisotopic (exact) mass is 803 g/mol. The molecule has 8 aliphatic rings. The normalized spacial score (nSPS) is 47.9. The molecular formula is C54H94N2O2. The van der Waals surface area contributed by atoms with Crippen LogP contribution in [-0.4, -0.2) is 34.5 Å². The Morgan fingerprint density at radius 2 is 0.897 bits per heavy atom. The van der Waals surface area contributed by atoms with Crippen LogP contribution >= 0.6 is 0 Å². The zero-order valence-corrected chi connectivity index (χ0v) is 39.6. The molecule has 332 valence electrons. The van der Waals surface area contributed by atoms with Gasteiger partial charge in [0.2, 0.25) is 0 Å². The maximum Gasteiger partial charge on any atom is 0.0577 e. The minimum Gasteiger partial charge on any atom is -0.393 e. The van der Waals surface area contributed by atoms with Crippen LogP contribution in [0.1, 0.15) is 198 Å². The summed E-state index contributed by atoms with van der Waals surface area (Å²) in [6.45, 7) is 24.8. The molecule has 0 aromatic rings. The van der Waals surface area contributed by atoms with Gasteiger partial charge in [0.05, 0.1) is 12.2 Å². The van der Waals surface area contributed by atoms with Crippen LogP contribution in [0.2, 0.25) is 0 Å². The van der Waals surface area contributed by atoms with Crippen molar-refractivity contribution in [3.8, 4) is 0 Å². The second-order valence-electron chi connectivity index (χ2n) is 24.8. The SMILES string of the molecule is CC(C)CCC[C@@H](C)C1CCC2C3C(CC[C@@]21C)[C@@]1(C)CC[C@H](O)CC1=C[C@@H]3N.CC(C)CCC[C@@H](C)C1CCC2C3C(CC[C@@]21C)[C@@]1(C)CC[C@H](O)CC1=C[C@H]3N. The lowest BCUT2D eigenvalue weighted by molar-refractivity contribution is -0.0632. The number of hydrogen-bond acceptors (Lipinski definition) is 4. The Balaban J connectivity index is 0.000000177. The van der Waals surface area contributed by atoms with Crippen LogP contribution in [0, 0.1) is 92.7 Å². The van der Waals surface area contributed by atoms with E-state index in [1.807, 2.05) is 0 Å². The van der Waals surface area contributed by atoms with Gasteiger partial charge in [0.15, 0.2) is 0 Å². The van der Waals surface area contributed by atoms with Gasteiger partial charge in [0.25, 0.3) is 0 Å². The van der Waals surface area contributed by atoms with E-state index in [2.05, 4.69) is 81.4 Å². The fourth-order valence-electron chi connectivity index (χ4n) is 17.5. The highest BCUT2D eigenvalue weighted by molar-refractivity contribution is 5.30. The Labute approximate surface area is 358 Å². The predicted octanol–water partition coefficient (Wildman–Crippen LogP) is 12.7. The standard InChI is InChI=1S/2C27H47NO/c2*1-17(2)7-6-8-18(3)21-9-10-22-25-23(12-14-27(21,22)5)26(4)13-11-20(29)15-19(26)16-24(25)28/h2*16-18,20-25,29H,6-15,28H2,1-5H3/t18-,20+,21?,22?,23?,24+,25?,26+,27-;18-,20+,21?,22?,23?,24-,25?,26+,27-/m11/s1. The van der Waals surface area contributed by atoms with Crippen molar-refractivity contribution in [1.29, 1.82) is 0 Å². The lowest BCUT2D eigenvalue weighted by atomic mass is 9.46. The summed E-state index contributed by atoms with van der Waals surface area (Å²) in [5.74, 6) is 9.54. The average Bonchev–Trinajstić information content (AvgIpc) is 3.70. The van der Waals surface area contributed by atoms with Crippen LogP contribution in [0.15, 0.2) is 23.3 Å². The van der Waals surface area contributed by atoms with Crippen molar-refractivity contribution < 1.29 is 10.2 Å². The Kier molecular flexibility index (Phi) is 13.7. The summed E-state index contributed by atoms with van der Waals surface area (Å²) < 4.78 is 0. The molecule has 6 fully saturated rings. The van der Waals surface area contributed by atoms with Crippen LogP contribution in [0.5, 0.6) is 0 Å². The van der Waals surface area contributed by atoms with Crippen LogP contribution < -0.4 is 11.5 Å². The van der Waals surface area contributed by atoms with Gasteiger partial charge in [-0.05, 0) is 183 Å². The Morgan fingerprint density at radius 1 is 0.517 bits per heavy atom. The van der Waals surface area contributed by atoms with Gasteiger partial charge in [-0.1, -0.05) is 131 Å². The Bertz CT molecular complexity index is 1360. The molecule has 0 aromatic carbocycles. The second kappa shape index (κ2) is 17.5. The first kappa shape index (κ1) is 45.3. The molecule has 0 aliphatic heterocycles. The molecule has 0 radical (unpaired) electrons. The topological polar surface area (TPSA) is 92.5 Å². The van der Waals surface area contributed by atoms with E-state index in [4.69, 9.17) is 11.5 Å². The molecule has 0 bridgehead atoms. The average molecular weight is 803 g/mol. The molecule has 0 heterocycles. The van der Waals surface area contributed by atoms with Gasteiger partial charge in [-0.25, -0.2) is 0 Å². The third-order valence-electron chi connectivity index (χ3n) is 20.8. The minimum atomic E-state index is -0.144. The van der Waals surface area contributed by atoms with E-state index in [-0.39, 0.29) is 24.3 Å². The molecule has 8 aliphatic carbocycles. The first-order valence-corrected chi connectivity index (χ1v) is 25.6. The fraction of sp³-hybridized carbons (Fsp3) is 0.926. The molecule has 6 saturated carbocycles. The summed E-state index contributed by atoms with van der Waals surface area (Å²) in [6.07, 6.45) is 30.0. The van der Waals surface area contributed by atoms with Crippen molar-refractivity contribution in [1.82, 2.24) is 0 Å². The molecule has 8 unspecified atom stereocenters. The van der Waals surface area contributed by atoms with Crippen molar-refractivity contribution in [2.75, 3.05) is 0 Å². The van der Waals surface area contributed by atoms with Crippen LogP contribution in [-0.2, 0) is 0 Å². The van der Waals surface area contributed by atoms with Crippen molar-refractivity contribution in [2.24, 2.45) is 104 Å². The summed E-state index contributed by atoms with van der Waals surface area (Å²) in [5, 5.41) is 20.5. The minimum absolute atomic E-state index is 0.144.